The van der Waals surface area contributed by atoms with Gasteiger partial charge in [0.05, 0.1) is 35.2 Å². The first-order chi connectivity index (χ1) is 13.9. The Balaban J connectivity index is 1.77. The number of fused-ring (bicyclic) bond motifs is 1. The van der Waals surface area contributed by atoms with Crippen LogP contribution < -0.4 is 0 Å². The maximum absolute atomic E-state index is 13.8. The Morgan fingerprint density at radius 3 is 2.79 bits per heavy atom. The van der Waals surface area contributed by atoms with Crippen LogP contribution in [0.2, 0.25) is 0 Å². The molecule has 0 aliphatic heterocycles. The van der Waals surface area contributed by atoms with Crippen molar-refractivity contribution < 1.29 is 13.7 Å². The van der Waals surface area contributed by atoms with E-state index in [1.54, 1.807) is 36.1 Å². The van der Waals surface area contributed by atoms with Crippen molar-refractivity contribution in [2.45, 2.75) is 26.9 Å². The van der Waals surface area contributed by atoms with Crippen LogP contribution in [0.3, 0.4) is 0 Å². The van der Waals surface area contributed by atoms with E-state index < -0.39 is 5.82 Å². The molecule has 0 N–H and O–H groups in total. The molecule has 3 aromatic heterocycles. The number of hydrogen-bond donors (Lipinski definition) is 0. The Labute approximate surface area is 166 Å². The van der Waals surface area contributed by atoms with Crippen LogP contribution in [0.4, 0.5) is 4.39 Å². The molecule has 148 valence electrons. The zero-order valence-corrected chi connectivity index (χ0v) is 16.4. The molecule has 29 heavy (non-hydrogen) atoms. The summed E-state index contributed by atoms with van der Waals surface area (Å²) in [5.74, 6) is -0.0373. The van der Waals surface area contributed by atoms with Crippen molar-refractivity contribution in [3.05, 3.63) is 65.6 Å². The van der Waals surface area contributed by atoms with Gasteiger partial charge in [0.15, 0.2) is 5.76 Å². The molecule has 0 saturated heterocycles. The van der Waals surface area contributed by atoms with Crippen LogP contribution in [0.5, 0.6) is 0 Å². The third kappa shape index (κ3) is 3.73. The summed E-state index contributed by atoms with van der Waals surface area (Å²) in [6, 6.07) is 7.75. The highest BCUT2D eigenvalue weighted by Gasteiger charge is 2.19. The number of hydrogen-bond acceptors (Lipinski definition) is 5. The van der Waals surface area contributed by atoms with E-state index in [0.29, 0.717) is 34.5 Å². The second-order valence-corrected chi connectivity index (χ2v) is 6.90. The van der Waals surface area contributed by atoms with Crippen LogP contribution in [0, 0.1) is 12.7 Å². The summed E-state index contributed by atoms with van der Waals surface area (Å²) in [4.78, 5) is 19.3. The molecule has 3 heterocycles. The molecule has 0 aliphatic rings. The van der Waals surface area contributed by atoms with Crippen molar-refractivity contribution >= 4 is 16.8 Å². The van der Waals surface area contributed by atoms with Gasteiger partial charge in [-0.15, -0.1) is 0 Å². The summed E-state index contributed by atoms with van der Waals surface area (Å²) in [7, 11) is 1.69. The molecule has 1 amide bonds. The fourth-order valence-corrected chi connectivity index (χ4v) is 3.20. The van der Waals surface area contributed by atoms with Crippen LogP contribution >= 0.6 is 0 Å². The minimum atomic E-state index is -0.407. The van der Waals surface area contributed by atoms with Crippen molar-refractivity contribution in [2.24, 2.45) is 0 Å². The fraction of sp³-hybridized carbons (Fsp3) is 0.238. The molecule has 0 saturated carbocycles. The number of aryl methyl sites for hydroxylation is 2. The molecule has 0 spiro atoms. The molecule has 0 bridgehead atoms. The van der Waals surface area contributed by atoms with Crippen LogP contribution in [0.1, 0.15) is 28.7 Å². The first kappa shape index (κ1) is 18.8. The Hall–Kier alpha value is -3.55. The van der Waals surface area contributed by atoms with Crippen LogP contribution in [-0.2, 0) is 13.1 Å². The van der Waals surface area contributed by atoms with E-state index in [-0.39, 0.29) is 12.5 Å². The summed E-state index contributed by atoms with van der Waals surface area (Å²) in [5, 5.41) is 8.70. The highest BCUT2D eigenvalue weighted by atomic mass is 19.1. The van der Waals surface area contributed by atoms with Gasteiger partial charge in [-0.2, -0.15) is 5.10 Å². The van der Waals surface area contributed by atoms with Gasteiger partial charge in [-0.1, -0.05) is 5.16 Å². The predicted molar refractivity (Wildman–Crippen MR) is 106 cm³/mol. The summed E-state index contributed by atoms with van der Waals surface area (Å²) in [6.45, 7) is 4.79. The average Bonchev–Trinajstić information content (AvgIpc) is 3.35. The monoisotopic (exact) mass is 393 g/mol. The van der Waals surface area contributed by atoms with Crippen molar-refractivity contribution in [3.63, 3.8) is 0 Å². The lowest BCUT2D eigenvalue weighted by Gasteiger charge is -2.17. The molecule has 8 heteroatoms. The van der Waals surface area contributed by atoms with Crippen LogP contribution in [0.15, 0.2) is 47.2 Å². The number of nitrogens with zero attached hydrogens (tertiary/aromatic N) is 5. The molecule has 0 fully saturated rings. The number of aromatic nitrogens is 4. The van der Waals surface area contributed by atoms with Crippen LogP contribution in [0.25, 0.3) is 22.2 Å². The van der Waals surface area contributed by atoms with Gasteiger partial charge in [0.1, 0.15) is 5.82 Å². The lowest BCUT2D eigenvalue weighted by Crippen LogP contribution is -2.26. The topological polar surface area (TPSA) is 77.0 Å². The van der Waals surface area contributed by atoms with E-state index in [1.165, 1.54) is 17.0 Å². The van der Waals surface area contributed by atoms with Gasteiger partial charge in [-0.3, -0.25) is 9.48 Å². The normalized spacial score (nSPS) is 11.2. The first-order valence-corrected chi connectivity index (χ1v) is 9.25. The lowest BCUT2D eigenvalue weighted by atomic mass is 10.0. The van der Waals surface area contributed by atoms with Gasteiger partial charge in [-0.05, 0) is 32.0 Å². The van der Waals surface area contributed by atoms with Gasteiger partial charge < -0.3 is 9.42 Å². The van der Waals surface area contributed by atoms with Gasteiger partial charge in [-0.25, -0.2) is 9.37 Å². The number of benzene rings is 1. The van der Waals surface area contributed by atoms with Crippen molar-refractivity contribution in [2.75, 3.05) is 7.05 Å². The van der Waals surface area contributed by atoms with Gasteiger partial charge in [0, 0.05) is 42.9 Å². The summed E-state index contributed by atoms with van der Waals surface area (Å²) < 4.78 is 20.8. The maximum atomic E-state index is 13.8. The van der Waals surface area contributed by atoms with E-state index in [4.69, 9.17) is 4.52 Å². The van der Waals surface area contributed by atoms with Gasteiger partial charge in [0.25, 0.3) is 5.91 Å². The fourth-order valence-electron chi connectivity index (χ4n) is 3.20. The SMILES string of the molecule is CCn1cc(-c2cc(C(=O)N(C)Cc3cc(C)no3)c3ccc(F)cc3n2)cn1. The van der Waals surface area contributed by atoms with Gasteiger partial charge in [0.2, 0.25) is 0 Å². The highest BCUT2D eigenvalue weighted by molar-refractivity contribution is 6.07. The lowest BCUT2D eigenvalue weighted by molar-refractivity contribution is 0.0774. The number of pyridine rings is 1. The molecule has 0 aliphatic carbocycles. The number of carbonyl (C=O) groups is 1. The zero-order valence-electron chi connectivity index (χ0n) is 16.4. The second-order valence-electron chi connectivity index (χ2n) is 6.90. The van der Waals surface area contributed by atoms with E-state index in [1.807, 2.05) is 20.0 Å². The van der Waals surface area contributed by atoms with Crippen molar-refractivity contribution in [1.29, 1.82) is 0 Å². The summed E-state index contributed by atoms with van der Waals surface area (Å²) >= 11 is 0. The molecule has 4 aromatic rings. The highest BCUT2D eigenvalue weighted by Crippen LogP contribution is 2.26. The Kier molecular flexibility index (Phi) is 4.84. The number of carbonyl (C=O) groups excluding carboxylic acids is 1. The van der Waals surface area contributed by atoms with E-state index in [2.05, 4.69) is 15.2 Å². The Morgan fingerprint density at radius 2 is 2.10 bits per heavy atom. The van der Waals surface area contributed by atoms with E-state index in [0.717, 1.165) is 11.3 Å². The zero-order chi connectivity index (χ0) is 20.5. The molecule has 1 aromatic carbocycles. The third-order valence-corrected chi connectivity index (χ3v) is 4.67. The second kappa shape index (κ2) is 7.46. The van der Waals surface area contributed by atoms with E-state index in [9.17, 15) is 9.18 Å². The standard InChI is InChI=1S/C21H20FN5O2/c1-4-27-11-14(10-23-27)19-9-18(17-6-5-15(22)8-20(17)24-19)21(28)26(3)12-16-7-13(2)25-29-16/h5-11H,4,12H2,1-3H3. The number of rotatable bonds is 5. The molecule has 4 rings (SSSR count). The minimum absolute atomic E-state index is 0.220. The van der Waals surface area contributed by atoms with Crippen molar-refractivity contribution in [3.8, 4) is 11.3 Å². The summed E-state index contributed by atoms with van der Waals surface area (Å²) in [6.07, 6.45) is 3.54. The minimum Gasteiger partial charge on any atom is -0.359 e. The molecular weight excluding hydrogens is 373 g/mol. The quantitative estimate of drug-likeness (QED) is 0.515. The first-order valence-electron chi connectivity index (χ1n) is 9.25. The number of halogens is 1. The Morgan fingerprint density at radius 1 is 1.28 bits per heavy atom. The van der Waals surface area contributed by atoms with Gasteiger partial charge >= 0.3 is 0 Å². The molecular formula is C21H20FN5O2. The predicted octanol–water partition coefficient (Wildman–Crippen LogP) is 3.83. The van der Waals surface area contributed by atoms with Crippen molar-refractivity contribution in [1.82, 2.24) is 24.8 Å². The third-order valence-electron chi connectivity index (χ3n) is 4.67. The maximum Gasteiger partial charge on any atom is 0.254 e. The average molecular weight is 393 g/mol. The summed E-state index contributed by atoms with van der Waals surface area (Å²) in [5.41, 5.74) is 2.93. The Bertz CT molecular complexity index is 1200. The van der Waals surface area contributed by atoms with E-state index >= 15 is 0 Å². The molecule has 0 atom stereocenters. The smallest absolute Gasteiger partial charge is 0.254 e. The number of amides is 1. The molecule has 7 nitrogen and oxygen atoms in total. The largest absolute Gasteiger partial charge is 0.359 e. The van der Waals surface area contributed by atoms with Crippen LogP contribution in [-0.4, -0.2) is 37.8 Å². The molecule has 0 unspecified atom stereocenters. The molecule has 0 radical (unpaired) electrons.